The Kier molecular flexibility index (Phi) is 9.30. The number of carbonyl (C=O) groups is 3. The molecule has 1 aromatic carbocycles. The summed E-state index contributed by atoms with van der Waals surface area (Å²) in [6, 6.07) is 6.72. The van der Waals surface area contributed by atoms with Gasteiger partial charge in [-0.1, -0.05) is 32.0 Å². The van der Waals surface area contributed by atoms with Gasteiger partial charge in [-0.25, -0.2) is 0 Å². The first-order chi connectivity index (χ1) is 14.3. The maximum Gasteiger partial charge on any atom is 0.252 e. The van der Waals surface area contributed by atoms with Crippen molar-refractivity contribution >= 4 is 17.7 Å². The average molecular weight is 418 g/mol. The van der Waals surface area contributed by atoms with Crippen LogP contribution in [-0.4, -0.2) is 62.0 Å². The number of rotatable bonds is 9. The normalized spacial score (nSPS) is 15.7. The maximum atomic E-state index is 12.9. The van der Waals surface area contributed by atoms with E-state index in [1.807, 2.05) is 43.9 Å². The van der Waals surface area contributed by atoms with E-state index < -0.39 is 6.04 Å². The topological polar surface area (TPSA) is 87.7 Å². The molecule has 0 aliphatic carbocycles. The SMILES string of the molecule is COCCCNC(=O)[C@H](NC(=O)c1ccccc1C)C1CCN(C(=O)C(C)C)CC1. The lowest BCUT2D eigenvalue weighted by atomic mass is 9.88. The first-order valence-corrected chi connectivity index (χ1v) is 10.8. The van der Waals surface area contributed by atoms with Gasteiger partial charge < -0.3 is 20.3 Å². The smallest absolute Gasteiger partial charge is 0.252 e. The molecule has 1 aromatic rings. The monoisotopic (exact) mass is 417 g/mol. The molecule has 1 aliphatic heterocycles. The molecule has 0 aromatic heterocycles. The van der Waals surface area contributed by atoms with Gasteiger partial charge in [-0.15, -0.1) is 0 Å². The number of amides is 3. The second-order valence-corrected chi connectivity index (χ2v) is 8.22. The molecule has 30 heavy (non-hydrogen) atoms. The van der Waals surface area contributed by atoms with E-state index >= 15 is 0 Å². The molecule has 0 saturated carbocycles. The number of methoxy groups -OCH3 is 1. The number of carbonyl (C=O) groups excluding carboxylic acids is 3. The van der Waals surface area contributed by atoms with E-state index in [0.717, 1.165) is 5.56 Å². The highest BCUT2D eigenvalue weighted by Gasteiger charge is 2.34. The minimum absolute atomic E-state index is 0.0170. The number of likely N-dealkylation sites (tertiary alicyclic amines) is 1. The summed E-state index contributed by atoms with van der Waals surface area (Å²) >= 11 is 0. The van der Waals surface area contributed by atoms with Crippen molar-refractivity contribution in [3.8, 4) is 0 Å². The van der Waals surface area contributed by atoms with Crippen LogP contribution in [0.5, 0.6) is 0 Å². The molecule has 1 aliphatic rings. The zero-order valence-corrected chi connectivity index (χ0v) is 18.6. The molecule has 7 nitrogen and oxygen atoms in total. The van der Waals surface area contributed by atoms with Crippen molar-refractivity contribution in [2.24, 2.45) is 11.8 Å². The molecule has 1 fully saturated rings. The number of nitrogens with zero attached hydrogens (tertiary/aromatic N) is 1. The number of aryl methyl sites for hydroxylation is 1. The molecule has 0 bridgehead atoms. The molecule has 3 amide bonds. The fourth-order valence-corrected chi connectivity index (χ4v) is 3.80. The van der Waals surface area contributed by atoms with Crippen LogP contribution >= 0.6 is 0 Å². The van der Waals surface area contributed by atoms with E-state index in [1.165, 1.54) is 0 Å². The fourth-order valence-electron chi connectivity index (χ4n) is 3.80. The third-order valence-electron chi connectivity index (χ3n) is 5.60. The van der Waals surface area contributed by atoms with Gasteiger partial charge in [0, 0.05) is 44.8 Å². The Labute approximate surface area is 179 Å². The standard InChI is InChI=1S/C23H35N3O4/c1-16(2)23(29)26-13-10-18(11-14-26)20(22(28)24-12-7-15-30-4)25-21(27)19-9-6-5-8-17(19)3/h5-6,8-9,16,18,20H,7,10-15H2,1-4H3,(H,24,28)(H,25,27)/t20-/m1/s1. The van der Waals surface area contributed by atoms with Crippen molar-refractivity contribution in [1.29, 1.82) is 0 Å². The van der Waals surface area contributed by atoms with Gasteiger partial charge >= 0.3 is 0 Å². The van der Waals surface area contributed by atoms with Gasteiger partial charge in [0.2, 0.25) is 11.8 Å². The summed E-state index contributed by atoms with van der Waals surface area (Å²) in [6.07, 6.45) is 2.08. The molecule has 0 radical (unpaired) electrons. The van der Waals surface area contributed by atoms with Crippen molar-refractivity contribution in [2.45, 2.75) is 46.1 Å². The number of hydrogen-bond acceptors (Lipinski definition) is 4. The molecule has 1 heterocycles. The Morgan fingerprint density at radius 2 is 1.83 bits per heavy atom. The highest BCUT2D eigenvalue weighted by molar-refractivity contribution is 5.98. The van der Waals surface area contributed by atoms with E-state index in [4.69, 9.17) is 4.74 Å². The molecule has 2 rings (SSSR count). The Balaban J connectivity index is 2.08. The average Bonchev–Trinajstić information content (AvgIpc) is 2.74. The van der Waals surface area contributed by atoms with Crippen LogP contribution in [-0.2, 0) is 14.3 Å². The van der Waals surface area contributed by atoms with Crippen molar-refractivity contribution in [1.82, 2.24) is 15.5 Å². The molecule has 0 spiro atoms. The van der Waals surface area contributed by atoms with E-state index in [-0.39, 0.29) is 29.6 Å². The molecule has 1 atom stereocenters. The molecular formula is C23H35N3O4. The van der Waals surface area contributed by atoms with Crippen LogP contribution in [0.25, 0.3) is 0 Å². The lowest BCUT2D eigenvalue weighted by molar-refractivity contribution is -0.136. The van der Waals surface area contributed by atoms with Gasteiger partial charge in [0.05, 0.1) is 0 Å². The van der Waals surface area contributed by atoms with Crippen LogP contribution in [0, 0.1) is 18.8 Å². The summed E-state index contributed by atoms with van der Waals surface area (Å²) in [4.78, 5) is 40.0. The van der Waals surface area contributed by atoms with Crippen LogP contribution in [0.1, 0.15) is 49.0 Å². The summed E-state index contributed by atoms with van der Waals surface area (Å²) in [5.74, 6) is -0.343. The number of nitrogens with one attached hydrogen (secondary N) is 2. The fraction of sp³-hybridized carbons (Fsp3) is 0.609. The molecular weight excluding hydrogens is 382 g/mol. The molecule has 166 valence electrons. The Morgan fingerprint density at radius 1 is 1.17 bits per heavy atom. The first-order valence-electron chi connectivity index (χ1n) is 10.8. The van der Waals surface area contributed by atoms with E-state index in [1.54, 1.807) is 13.2 Å². The Bertz CT molecular complexity index is 727. The third-order valence-corrected chi connectivity index (χ3v) is 5.60. The van der Waals surface area contributed by atoms with E-state index in [2.05, 4.69) is 10.6 Å². The second kappa shape index (κ2) is 11.7. The number of ether oxygens (including phenoxy) is 1. The second-order valence-electron chi connectivity index (χ2n) is 8.22. The molecule has 1 saturated heterocycles. The van der Waals surface area contributed by atoms with E-state index in [9.17, 15) is 14.4 Å². The number of benzene rings is 1. The minimum Gasteiger partial charge on any atom is -0.385 e. The van der Waals surface area contributed by atoms with Crippen LogP contribution in [0.15, 0.2) is 24.3 Å². The third kappa shape index (κ3) is 6.55. The Hall–Kier alpha value is -2.41. The molecule has 0 unspecified atom stereocenters. The lowest BCUT2D eigenvalue weighted by Gasteiger charge is -2.36. The Morgan fingerprint density at radius 3 is 2.43 bits per heavy atom. The van der Waals surface area contributed by atoms with Gasteiger partial charge in [-0.05, 0) is 43.7 Å². The number of hydrogen-bond donors (Lipinski definition) is 2. The highest BCUT2D eigenvalue weighted by atomic mass is 16.5. The largest absolute Gasteiger partial charge is 0.385 e. The predicted octanol–water partition coefficient (Wildman–Crippen LogP) is 2.14. The zero-order valence-electron chi connectivity index (χ0n) is 18.6. The van der Waals surface area contributed by atoms with Crippen LogP contribution in [0.2, 0.25) is 0 Å². The maximum absolute atomic E-state index is 12.9. The summed E-state index contributed by atoms with van der Waals surface area (Å²) in [6.45, 7) is 7.94. The summed E-state index contributed by atoms with van der Waals surface area (Å²) in [7, 11) is 1.62. The highest BCUT2D eigenvalue weighted by Crippen LogP contribution is 2.23. The molecule has 2 N–H and O–H groups in total. The number of piperidine rings is 1. The van der Waals surface area contributed by atoms with Crippen LogP contribution in [0.3, 0.4) is 0 Å². The molecule has 7 heteroatoms. The van der Waals surface area contributed by atoms with Gasteiger partial charge in [0.1, 0.15) is 6.04 Å². The van der Waals surface area contributed by atoms with Gasteiger partial charge in [-0.3, -0.25) is 14.4 Å². The van der Waals surface area contributed by atoms with Gasteiger partial charge in [0.15, 0.2) is 0 Å². The van der Waals surface area contributed by atoms with Crippen molar-refractivity contribution in [2.75, 3.05) is 33.4 Å². The van der Waals surface area contributed by atoms with Crippen LogP contribution in [0.4, 0.5) is 0 Å². The van der Waals surface area contributed by atoms with Crippen molar-refractivity contribution in [3.63, 3.8) is 0 Å². The van der Waals surface area contributed by atoms with Gasteiger partial charge in [-0.2, -0.15) is 0 Å². The first kappa shape index (κ1) is 23.9. The quantitative estimate of drug-likeness (QED) is 0.603. The van der Waals surface area contributed by atoms with Crippen molar-refractivity contribution < 1.29 is 19.1 Å². The van der Waals surface area contributed by atoms with Gasteiger partial charge in [0.25, 0.3) is 5.91 Å². The summed E-state index contributed by atoms with van der Waals surface area (Å²) in [5, 5.41) is 5.89. The summed E-state index contributed by atoms with van der Waals surface area (Å²) < 4.78 is 5.03. The zero-order chi connectivity index (χ0) is 22.1. The predicted molar refractivity (Wildman–Crippen MR) is 116 cm³/mol. The summed E-state index contributed by atoms with van der Waals surface area (Å²) in [5.41, 5.74) is 1.44. The van der Waals surface area contributed by atoms with Crippen LogP contribution < -0.4 is 10.6 Å². The minimum atomic E-state index is -0.629. The van der Waals surface area contributed by atoms with E-state index in [0.29, 0.717) is 51.1 Å². The lowest BCUT2D eigenvalue weighted by Crippen LogP contribution is -2.54. The van der Waals surface area contributed by atoms with Crippen molar-refractivity contribution in [3.05, 3.63) is 35.4 Å².